The quantitative estimate of drug-likeness (QED) is 0.495. The number of imidazole rings is 1. The fourth-order valence-electron chi connectivity index (χ4n) is 3.17. The number of carbonyl (C=O) groups excluding carboxylic acids is 1. The maximum absolute atomic E-state index is 13.4. The van der Waals surface area contributed by atoms with Crippen molar-refractivity contribution in [2.24, 2.45) is 0 Å². The number of rotatable bonds is 7. The fourth-order valence-corrected chi connectivity index (χ4v) is 3.17. The highest BCUT2D eigenvalue weighted by molar-refractivity contribution is 6.00. The molecule has 0 aliphatic carbocycles. The Hall–Kier alpha value is -3.78. The molecule has 0 aliphatic rings. The van der Waals surface area contributed by atoms with Gasteiger partial charge in [0.05, 0.1) is 24.4 Å². The smallest absolute Gasteiger partial charge is 0.258 e. The van der Waals surface area contributed by atoms with E-state index in [9.17, 15) is 14.3 Å². The van der Waals surface area contributed by atoms with Crippen molar-refractivity contribution >= 4 is 5.91 Å². The Bertz CT molecular complexity index is 1110. The first-order valence-electron chi connectivity index (χ1n) is 9.45. The summed E-state index contributed by atoms with van der Waals surface area (Å²) in [6.45, 7) is 0.163. The minimum Gasteiger partial charge on any atom is -0.395 e. The number of para-hydroxylation sites is 1. The molecule has 2 N–H and O–H groups in total. The van der Waals surface area contributed by atoms with E-state index in [4.69, 9.17) is 0 Å². The first-order valence-corrected chi connectivity index (χ1v) is 9.45. The van der Waals surface area contributed by atoms with E-state index in [0.717, 1.165) is 5.69 Å². The van der Waals surface area contributed by atoms with Gasteiger partial charge < -0.3 is 15.0 Å². The molecular formula is C22H20FN5O2. The summed E-state index contributed by atoms with van der Waals surface area (Å²) in [5, 5.41) is 14.1. The number of carbonyl (C=O) groups is 1. The number of hydrogen-bond donors (Lipinski definition) is 2. The Morgan fingerprint density at radius 2 is 1.90 bits per heavy atom. The molecule has 2 heterocycles. The fraction of sp³-hybridized carbons (Fsp3) is 0.136. The molecule has 7 nitrogen and oxygen atoms in total. The van der Waals surface area contributed by atoms with Crippen LogP contribution >= 0.6 is 0 Å². The topological polar surface area (TPSA) is 87.0 Å². The van der Waals surface area contributed by atoms with Gasteiger partial charge in [0.15, 0.2) is 0 Å². The maximum atomic E-state index is 13.4. The van der Waals surface area contributed by atoms with Crippen LogP contribution in [0.2, 0.25) is 0 Å². The van der Waals surface area contributed by atoms with Crippen LogP contribution in [0.25, 0.3) is 16.9 Å². The minimum atomic E-state index is -0.367. The van der Waals surface area contributed by atoms with Gasteiger partial charge in [0.1, 0.15) is 17.3 Å². The molecule has 0 radical (unpaired) electrons. The van der Waals surface area contributed by atoms with Gasteiger partial charge in [0, 0.05) is 30.7 Å². The highest BCUT2D eigenvalue weighted by Crippen LogP contribution is 2.25. The molecule has 8 heteroatoms. The van der Waals surface area contributed by atoms with E-state index in [1.807, 2.05) is 30.3 Å². The number of amides is 1. The first kappa shape index (κ1) is 19.5. The van der Waals surface area contributed by atoms with E-state index in [0.29, 0.717) is 22.6 Å². The van der Waals surface area contributed by atoms with Crippen LogP contribution in [0.5, 0.6) is 0 Å². The summed E-state index contributed by atoms with van der Waals surface area (Å²) in [6.07, 6.45) is 4.94. The van der Waals surface area contributed by atoms with Gasteiger partial charge in [-0.25, -0.2) is 14.1 Å². The minimum absolute atomic E-state index is 0.138. The molecule has 0 spiro atoms. The lowest BCUT2D eigenvalue weighted by Gasteiger charge is -2.20. The number of benzene rings is 2. The molecule has 4 aromatic rings. The largest absolute Gasteiger partial charge is 0.395 e. The van der Waals surface area contributed by atoms with Crippen LogP contribution in [0.15, 0.2) is 73.2 Å². The Morgan fingerprint density at radius 1 is 1.13 bits per heavy atom. The highest BCUT2D eigenvalue weighted by Gasteiger charge is 2.24. The molecule has 0 saturated heterocycles. The van der Waals surface area contributed by atoms with Gasteiger partial charge in [-0.1, -0.05) is 18.2 Å². The zero-order valence-corrected chi connectivity index (χ0v) is 16.1. The van der Waals surface area contributed by atoms with Crippen molar-refractivity contribution in [1.82, 2.24) is 24.6 Å². The summed E-state index contributed by atoms with van der Waals surface area (Å²) in [6, 6.07) is 15.3. The zero-order chi connectivity index (χ0) is 20.9. The lowest BCUT2D eigenvalue weighted by molar-refractivity contribution is 0.0704. The third-order valence-electron chi connectivity index (χ3n) is 4.64. The number of nitrogens with zero attached hydrogens (tertiary/aromatic N) is 4. The number of hydrogen-bond acceptors (Lipinski definition) is 4. The van der Waals surface area contributed by atoms with E-state index in [-0.39, 0.29) is 31.4 Å². The molecule has 2 aromatic carbocycles. The monoisotopic (exact) mass is 405 g/mol. The van der Waals surface area contributed by atoms with Gasteiger partial charge in [-0.05, 0) is 36.4 Å². The van der Waals surface area contributed by atoms with Gasteiger partial charge in [-0.2, -0.15) is 5.10 Å². The summed E-state index contributed by atoms with van der Waals surface area (Å²) in [4.78, 5) is 22.0. The molecule has 30 heavy (non-hydrogen) atoms. The molecular weight excluding hydrogens is 385 g/mol. The van der Waals surface area contributed by atoms with Crippen molar-refractivity contribution in [2.45, 2.75) is 6.54 Å². The Kier molecular flexibility index (Phi) is 5.67. The lowest BCUT2D eigenvalue weighted by Crippen LogP contribution is -2.33. The molecule has 0 fully saturated rings. The van der Waals surface area contributed by atoms with Crippen LogP contribution < -0.4 is 0 Å². The number of aromatic amines is 1. The second-order valence-corrected chi connectivity index (χ2v) is 6.66. The SMILES string of the molecule is O=C(c1cn(-c2ccccc2)nc1-c1ccc(F)cc1)N(CCO)Cc1ncc[nH]1. The summed E-state index contributed by atoms with van der Waals surface area (Å²) in [5.41, 5.74) is 2.20. The van der Waals surface area contributed by atoms with Crippen LogP contribution in [-0.2, 0) is 6.54 Å². The van der Waals surface area contributed by atoms with E-state index in [1.165, 1.54) is 17.0 Å². The van der Waals surface area contributed by atoms with Gasteiger partial charge in [-0.15, -0.1) is 0 Å². The van der Waals surface area contributed by atoms with E-state index < -0.39 is 0 Å². The lowest BCUT2D eigenvalue weighted by atomic mass is 10.1. The first-order chi connectivity index (χ1) is 14.7. The molecule has 1 amide bonds. The van der Waals surface area contributed by atoms with Crippen molar-refractivity contribution in [2.75, 3.05) is 13.2 Å². The Labute approximate surface area is 172 Å². The van der Waals surface area contributed by atoms with Crippen molar-refractivity contribution in [1.29, 1.82) is 0 Å². The normalized spacial score (nSPS) is 10.9. The van der Waals surface area contributed by atoms with Crippen LogP contribution in [0.4, 0.5) is 4.39 Å². The Morgan fingerprint density at radius 3 is 2.57 bits per heavy atom. The average Bonchev–Trinajstić information content (AvgIpc) is 3.44. The van der Waals surface area contributed by atoms with Crippen LogP contribution in [0, 0.1) is 5.82 Å². The highest BCUT2D eigenvalue weighted by atomic mass is 19.1. The number of H-pyrrole nitrogens is 1. The molecule has 0 atom stereocenters. The second-order valence-electron chi connectivity index (χ2n) is 6.66. The van der Waals surface area contributed by atoms with Crippen molar-refractivity contribution in [3.63, 3.8) is 0 Å². The van der Waals surface area contributed by atoms with Crippen LogP contribution in [-0.4, -0.2) is 48.8 Å². The predicted octanol–water partition coefficient (Wildman–Crippen LogP) is 3.04. The van der Waals surface area contributed by atoms with Crippen molar-refractivity contribution < 1.29 is 14.3 Å². The van der Waals surface area contributed by atoms with Gasteiger partial charge in [-0.3, -0.25) is 4.79 Å². The molecule has 2 aromatic heterocycles. The van der Waals surface area contributed by atoms with Crippen molar-refractivity contribution in [3.05, 3.63) is 90.4 Å². The molecule has 0 saturated carbocycles. The molecule has 0 unspecified atom stereocenters. The molecule has 0 bridgehead atoms. The third-order valence-corrected chi connectivity index (χ3v) is 4.64. The van der Waals surface area contributed by atoms with Gasteiger partial charge in [0.25, 0.3) is 5.91 Å². The van der Waals surface area contributed by atoms with E-state index >= 15 is 0 Å². The van der Waals surface area contributed by atoms with Gasteiger partial charge in [0.2, 0.25) is 0 Å². The van der Waals surface area contributed by atoms with Gasteiger partial charge >= 0.3 is 0 Å². The summed E-state index contributed by atoms with van der Waals surface area (Å²) < 4.78 is 15.1. The summed E-state index contributed by atoms with van der Waals surface area (Å²) in [7, 11) is 0. The van der Waals surface area contributed by atoms with Crippen LogP contribution in [0.3, 0.4) is 0 Å². The summed E-state index contributed by atoms with van der Waals surface area (Å²) >= 11 is 0. The number of aliphatic hydroxyl groups is 1. The molecule has 0 aliphatic heterocycles. The Balaban J connectivity index is 1.76. The summed E-state index contributed by atoms with van der Waals surface area (Å²) in [5.74, 6) is -0.0635. The van der Waals surface area contributed by atoms with E-state index in [2.05, 4.69) is 15.1 Å². The maximum Gasteiger partial charge on any atom is 0.258 e. The molecule has 152 valence electrons. The number of nitrogens with one attached hydrogen (secondary N) is 1. The molecule has 4 rings (SSSR count). The number of aliphatic hydroxyl groups excluding tert-OH is 1. The van der Waals surface area contributed by atoms with E-state index in [1.54, 1.807) is 35.4 Å². The second kappa shape index (κ2) is 8.71. The number of halogens is 1. The predicted molar refractivity (Wildman–Crippen MR) is 109 cm³/mol. The van der Waals surface area contributed by atoms with Crippen molar-refractivity contribution in [3.8, 4) is 16.9 Å². The average molecular weight is 405 g/mol. The third kappa shape index (κ3) is 4.13. The standard InChI is InChI=1S/C22H20FN5O2/c23-17-8-6-16(7-9-17)21-19(14-28(26-21)18-4-2-1-3-5-18)22(30)27(12-13-29)15-20-24-10-11-25-20/h1-11,14,29H,12-13,15H2,(H,24,25). The van der Waals surface area contributed by atoms with Crippen LogP contribution in [0.1, 0.15) is 16.2 Å². The zero-order valence-electron chi connectivity index (χ0n) is 16.1. The number of aromatic nitrogens is 4.